The highest BCUT2D eigenvalue weighted by Gasteiger charge is 2.25. The number of nitrogens with one attached hydrogen (secondary N) is 1. The molecule has 0 aromatic heterocycles. The zero-order chi connectivity index (χ0) is 23.2. The molecule has 7 heteroatoms. The zero-order valence-electron chi connectivity index (χ0n) is 19.2. The molecule has 1 amide bonds. The fourth-order valence-electron chi connectivity index (χ4n) is 3.16. The van der Waals surface area contributed by atoms with Crippen molar-refractivity contribution in [1.82, 2.24) is 5.32 Å². The molecule has 0 radical (unpaired) electrons. The third-order valence-electron chi connectivity index (χ3n) is 4.67. The Bertz CT molecular complexity index is 801. The summed E-state index contributed by atoms with van der Waals surface area (Å²) in [5, 5.41) is 2.44. The summed E-state index contributed by atoms with van der Waals surface area (Å²) in [7, 11) is 0. The minimum atomic E-state index is -0.587. The molecule has 0 saturated heterocycles. The molecule has 174 valence electrons. The van der Waals surface area contributed by atoms with Crippen molar-refractivity contribution < 1.29 is 23.8 Å². The molecule has 7 nitrogen and oxygen atoms in total. The van der Waals surface area contributed by atoms with Crippen molar-refractivity contribution >= 4 is 18.3 Å². The van der Waals surface area contributed by atoms with Gasteiger partial charge in [-0.3, -0.25) is 15.1 Å². The van der Waals surface area contributed by atoms with Crippen LogP contribution in [0.4, 0.5) is 4.79 Å². The molecule has 1 aliphatic carbocycles. The van der Waals surface area contributed by atoms with Crippen LogP contribution in [0.25, 0.3) is 0 Å². The smallest absolute Gasteiger partial charge is 0.414 e. The summed E-state index contributed by atoms with van der Waals surface area (Å²) in [4.78, 5) is 27.1. The number of carbonyl (C=O) groups excluding carboxylic acids is 2. The van der Waals surface area contributed by atoms with Crippen molar-refractivity contribution in [2.75, 3.05) is 0 Å². The lowest BCUT2D eigenvalue weighted by atomic mass is 10.0. The number of rotatable bonds is 4. The monoisotopic (exact) mass is 442 g/mol. The van der Waals surface area contributed by atoms with Gasteiger partial charge < -0.3 is 14.2 Å². The van der Waals surface area contributed by atoms with E-state index in [1.807, 2.05) is 51.1 Å². The fraction of sp³-hybridized carbons (Fsp3) is 0.480. The van der Waals surface area contributed by atoms with Crippen molar-refractivity contribution in [3.63, 3.8) is 0 Å². The first kappa shape index (κ1) is 25.2. The van der Waals surface area contributed by atoms with Gasteiger partial charge in [-0.2, -0.15) is 0 Å². The third kappa shape index (κ3) is 10.8. The maximum absolute atomic E-state index is 11.7. The van der Waals surface area contributed by atoms with Crippen molar-refractivity contribution in [2.45, 2.75) is 71.5 Å². The van der Waals surface area contributed by atoms with Gasteiger partial charge in [-0.05, 0) is 45.3 Å². The summed E-state index contributed by atoms with van der Waals surface area (Å²) in [6.07, 6.45) is 12.3. The van der Waals surface area contributed by atoms with Gasteiger partial charge in [0.05, 0.1) is 18.4 Å². The van der Waals surface area contributed by atoms with Gasteiger partial charge in [0.2, 0.25) is 5.88 Å². The van der Waals surface area contributed by atoms with Crippen LogP contribution in [0.15, 0.2) is 59.7 Å². The number of allylic oxidation sites excluding steroid dienone is 1. The predicted octanol–water partition coefficient (Wildman–Crippen LogP) is 5.62. The summed E-state index contributed by atoms with van der Waals surface area (Å²) in [5.41, 5.74) is 0.588. The third-order valence-corrected chi connectivity index (χ3v) is 4.67. The highest BCUT2D eigenvalue weighted by atomic mass is 16.6. The first-order valence-electron chi connectivity index (χ1n) is 11.1. The van der Waals surface area contributed by atoms with Crippen LogP contribution in [0.3, 0.4) is 0 Å². The van der Waals surface area contributed by atoms with E-state index in [4.69, 9.17) is 14.2 Å². The van der Waals surface area contributed by atoms with Crippen LogP contribution >= 0.6 is 0 Å². The van der Waals surface area contributed by atoms with Crippen molar-refractivity contribution in [1.29, 1.82) is 0 Å². The van der Waals surface area contributed by atoms with Gasteiger partial charge in [-0.1, -0.05) is 56.0 Å². The lowest BCUT2D eigenvalue weighted by molar-refractivity contribution is -0.160. The lowest BCUT2D eigenvalue weighted by Gasteiger charge is -2.23. The first-order chi connectivity index (χ1) is 15.3. The largest absolute Gasteiger partial charge is 0.460 e. The molecular weight excluding hydrogens is 408 g/mol. The van der Waals surface area contributed by atoms with E-state index in [-0.39, 0.29) is 30.0 Å². The number of aliphatic imine (C=N–C) groups is 1. The van der Waals surface area contributed by atoms with E-state index in [1.165, 1.54) is 38.1 Å². The first-order valence-corrected chi connectivity index (χ1v) is 11.1. The normalized spacial score (nSPS) is 16.3. The van der Waals surface area contributed by atoms with Crippen LogP contribution < -0.4 is 5.32 Å². The number of hydrogen-bond acceptors (Lipinski definition) is 6. The topological polar surface area (TPSA) is 86.2 Å². The second-order valence-electron chi connectivity index (χ2n) is 8.65. The van der Waals surface area contributed by atoms with E-state index in [0.29, 0.717) is 0 Å². The molecule has 1 N–H and O–H groups in total. The standard InChI is InChI=1S/C13H12N2O3.C12H22O2/c16-13(15-12-9-14-7-4-8-17-12)18-10-11-5-2-1-3-6-11;1-12(2,3)14-11(13)10-8-6-4-5-7-9-10/h1-9H,10H2,(H,15,16);10H,4-9H2,1-3H3. The van der Waals surface area contributed by atoms with Crippen molar-refractivity contribution in [2.24, 2.45) is 10.9 Å². The molecule has 1 aliphatic heterocycles. The molecule has 32 heavy (non-hydrogen) atoms. The molecule has 1 aromatic rings. The number of benzene rings is 1. The van der Waals surface area contributed by atoms with E-state index >= 15 is 0 Å². The van der Waals surface area contributed by atoms with E-state index in [9.17, 15) is 9.59 Å². The molecule has 1 saturated carbocycles. The molecule has 1 fully saturated rings. The Morgan fingerprint density at radius 1 is 1.09 bits per heavy atom. The minimum Gasteiger partial charge on any atom is -0.460 e. The van der Waals surface area contributed by atoms with Crippen LogP contribution in [0.1, 0.15) is 64.9 Å². The van der Waals surface area contributed by atoms with Gasteiger partial charge in [0.1, 0.15) is 12.2 Å². The van der Waals surface area contributed by atoms with E-state index in [1.54, 1.807) is 12.3 Å². The Morgan fingerprint density at radius 2 is 1.78 bits per heavy atom. The second kappa shape index (κ2) is 13.3. The molecule has 0 bridgehead atoms. The van der Waals surface area contributed by atoms with Crippen LogP contribution in [0.5, 0.6) is 0 Å². The van der Waals surface area contributed by atoms with E-state index < -0.39 is 6.09 Å². The summed E-state index contributed by atoms with van der Waals surface area (Å²) < 4.78 is 15.5. The average Bonchev–Trinajstić information content (AvgIpc) is 3.18. The summed E-state index contributed by atoms with van der Waals surface area (Å²) in [5.74, 6) is 0.397. The van der Waals surface area contributed by atoms with Crippen LogP contribution in [-0.2, 0) is 25.6 Å². The van der Waals surface area contributed by atoms with E-state index in [2.05, 4.69) is 10.3 Å². The average molecular weight is 443 g/mol. The molecule has 0 unspecified atom stereocenters. The summed E-state index contributed by atoms with van der Waals surface area (Å²) in [6, 6.07) is 9.42. The predicted molar refractivity (Wildman–Crippen MR) is 124 cm³/mol. The van der Waals surface area contributed by atoms with Crippen LogP contribution in [0.2, 0.25) is 0 Å². The minimum absolute atomic E-state index is 0.0133. The fourth-order valence-corrected chi connectivity index (χ4v) is 3.16. The summed E-state index contributed by atoms with van der Waals surface area (Å²) >= 11 is 0. The van der Waals surface area contributed by atoms with Gasteiger partial charge >= 0.3 is 12.1 Å². The number of amides is 1. The van der Waals surface area contributed by atoms with Crippen LogP contribution in [0, 0.1) is 5.92 Å². The number of esters is 1. The molecule has 1 heterocycles. The van der Waals surface area contributed by atoms with Gasteiger partial charge in [0.25, 0.3) is 0 Å². The van der Waals surface area contributed by atoms with Gasteiger partial charge in [0, 0.05) is 6.21 Å². The Hall–Kier alpha value is -3.09. The molecule has 2 aliphatic rings. The summed E-state index contributed by atoms with van der Waals surface area (Å²) in [6.45, 7) is 6.00. The highest BCUT2D eigenvalue weighted by molar-refractivity contribution is 5.73. The Morgan fingerprint density at radius 3 is 2.44 bits per heavy atom. The van der Waals surface area contributed by atoms with E-state index in [0.717, 1.165) is 18.4 Å². The van der Waals surface area contributed by atoms with Gasteiger partial charge in [0.15, 0.2) is 0 Å². The lowest BCUT2D eigenvalue weighted by Crippen LogP contribution is -2.28. The quantitative estimate of drug-likeness (QED) is 0.483. The maximum Gasteiger partial charge on any atom is 0.414 e. The highest BCUT2D eigenvalue weighted by Crippen LogP contribution is 2.25. The number of nitrogens with zero attached hydrogens (tertiary/aromatic N) is 1. The molecular formula is C25H34N2O5. The maximum atomic E-state index is 11.7. The number of hydrogen-bond donors (Lipinski definition) is 1. The SMILES string of the molecule is CC(C)(C)OC(=O)C1CCCCCC1.O=C(NC1=CN=CC=CO1)OCc1ccccc1. The van der Waals surface area contributed by atoms with Crippen molar-refractivity contribution in [3.8, 4) is 0 Å². The number of carbonyl (C=O) groups is 2. The second-order valence-corrected chi connectivity index (χ2v) is 8.65. The van der Waals surface area contributed by atoms with Gasteiger partial charge in [-0.15, -0.1) is 0 Å². The van der Waals surface area contributed by atoms with Gasteiger partial charge in [-0.25, -0.2) is 4.79 Å². The zero-order valence-corrected chi connectivity index (χ0v) is 19.2. The molecule has 0 atom stereocenters. The Balaban J connectivity index is 0.000000235. The Kier molecular flexibility index (Phi) is 10.5. The van der Waals surface area contributed by atoms with Crippen LogP contribution in [-0.4, -0.2) is 23.9 Å². The molecule has 3 rings (SSSR count). The molecule has 0 spiro atoms. The number of ether oxygens (including phenoxy) is 3. The van der Waals surface area contributed by atoms with Crippen molar-refractivity contribution in [3.05, 3.63) is 60.3 Å². The number of alkyl carbamates (subject to hydrolysis) is 1. The Labute approximate surface area is 190 Å². The molecule has 1 aromatic carbocycles.